The van der Waals surface area contributed by atoms with Crippen LogP contribution in [-0.4, -0.2) is 15.7 Å². The van der Waals surface area contributed by atoms with Gasteiger partial charge in [-0.1, -0.05) is 47.3 Å². The molecule has 0 aliphatic heterocycles. The van der Waals surface area contributed by atoms with Gasteiger partial charge < -0.3 is 10.3 Å². The van der Waals surface area contributed by atoms with Gasteiger partial charge >= 0.3 is 0 Å². The Labute approximate surface area is 133 Å². The van der Waals surface area contributed by atoms with Gasteiger partial charge in [0.25, 0.3) is 0 Å². The van der Waals surface area contributed by atoms with Crippen molar-refractivity contribution in [1.82, 2.24) is 10.1 Å². The van der Waals surface area contributed by atoms with Gasteiger partial charge in [-0.15, -0.1) is 0 Å². The number of benzene rings is 1. The molecule has 0 spiro atoms. The van der Waals surface area contributed by atoms with E-state index in [0.717, 1.165) is 18.4 Å². The molecule has 1 heterocycles. The van der Waals surface area contributed by atoms with Gasteiger partial charge in [0.05, 0.1) is 0 Å². The van der Waals surface area contributed by atoms with Crippen molar-refractivity contribution in [3.05, 3.63) is 45.5 Å². The number of nitrogens with two attached hydrogens (primary N) is 1. The Balaban J connectivity index is 1.73. The summed E-state index contributed by atoms with van der Waals surface area (Å²) in [5.74, 6) is 1.18. The molecule has 0 bridgehead atoms. The standard InChI is InChI=1S/C15H17Cl2N3O/c16-11-4-3-5-12(17)10(11)8-13-19-14(21-20-13)9-15(18)6-1-2-7-15/h3-5H,1-2,6-9,18H2. The molecule has 3 rings (SSSR count). The highest BCUT2D eigenvalue weighted by atomic mass is 35.5. The summed E-state index contributed by atoms with van der Waals surface area (Å²) in [5.41, 5.74) is 6.96. The Bertz CT molecular complexity index is 615. The van der Waals surface area contributed by atoms with Gasteiger partial charge in [-0.05, 0) is 30.5 Å². The Morgan fingerprint density at radius 2 is 1.86 bits per heavy atom. The highest BCUT2D eigenvalue weighted by Crippen LogP contribution is 2.30. The summed E-state index contributed by atoms with van der Waals surface area (Å²) in [4.78, 5) is 4.42. The average Bonchev–Trinajstić information content (AvgIpc) is 3.04. The molecule has 2 aromatic rings. The zero-order chi connectivity index (χ0) is 14.9. The van der Waals surface area contributed by atoms with Gasteiger partial charge in [-0.25, -0.2) is 0 Å². The van der Waals surface area contributed by atoms with Crippen molar-refractivity contribution in [2.24, 2.45) is 5.73 Å². The lowest BCUT2D eigenvalue weighted by molar-refractivity contribution is 0.327. The molecule has 6 heteroatoms. The lowest BCUT2D eigenvalue weighted by Crippen LogP contribution is -2.38. The Morgan fingerprint density at radius 1 is 1.19 bits per heavy atom. The van der Waals surface area contributed by atoms with Crippen molar-refractivity contribution >= 4 is 23.2 Å². The first-order valence-electron chi connectivity index (χ1n) is 7.09. The smallest absolute Gasteiger partial charge is 0.228 e. The van der Waals surface area contributed by atoms with E-state index in [1.54, 1.807) is 12.1 Å². The highest BCUT2D eigenvalue weighted by Gasteiger charge is 2.31. The summed E-state index contributed by atoms with van der Waals surface area (Å²) in [6.07, 6.45) is 5.47. The minimum absolute atomic E-state index is 0.189. The van der Waals surface area contributed by atoms with Gasteiger partial charge in [0.1, 0.15) is 0 Å². The second-order valence-electron chi connectivity index (χ2n) is 5.73. The SMILES string of the molecule is NC1(Cc2nc(Cc3c(Cl)cccc3Cl)no2)CCCC1. The Morgan fingerprint density at radius 3 is 2.52 bits per heavy atom. The lowest BCUT2D eigenvalue weighted by Gasteiger charge is -2.20. The van der Waals surface area contributed by atoms with Crippen LogP contribution in [0.1, 0.15) is 43.0 Å². The second-order valence-corrected chi connectivity index (χ2v) is 6.54. The quantitative estimate of drug-likeness (QED) is 0.928. The van der Waals surface area contributed by atoms with E-state index in [9.17, 15) is 0 Å². The molecule has 0 unspecified atom stereocenters. The molecule has 0 saturated heterocycles. The predicted octanol–water partition coefficient (Wildman–Crippen LogP) is 3.78. The summed E-state index contributed by atoms with van der Waals surface area (Å²) in [7, 11) is 0. The average molecular weight is 326 g/mol. The summed E-state index contributed by atoms with van der Waals surface area (Å²) >= 11 is 12.3. The largest absolute Gasteiger partial charge is 0.339 e. The molecule has 4 nitrogen and oxygen atoms in total. The van der Waals surface area contributed by atoms with E-state index in [1.807, 2.05) is 6.07 Å². The lowest BCUT2D eigenvalue weighted by atomic mass is 9.95. The summed E-state index contributed by atoms with van der Waals surface area (Å²) < 4.78 is 5.32. The summed E-state index contributed by atoms with van der Waals surface area (Å²) in [5, 5.41) is 5.23. The van der Waals surface area contributed by atoms with Crippen molar-refractivity contribution in [2.75, 3.05) is 0 Å². The van der Waals surface area contributed by atoms with E-state index in [1.165, 1.54) is 12.8 Å². The molecular formula is C15H17Cl2N3O. The van der Waals surface area contributed by atoms with Crippen molar-refractivity contribution in [3.63, 3.8) is 0 Å². The third kappa shape index (κ3) is 3.39. The molecule has 0 atom stereocenters. The summed E-state index contributed by atoms with van der Waals surface area (Å²) in [6.45, 7) is 0. The fraction of sp³-hybridized carbons (Fsp3) is 0.467. The first-order chi connectivity index (χ1) is 10.1. The number of halogens is 2. The zero-order valence-electron chi connectivity index (χ0n) is 11.6. The van der Waals surface area contributed by atoms with Crippen molar-refractivity contribution < 1.29 is 4.52 Å². The van der Waals surface area contributed by atoms with Crippen LogP contribution >= 0.6 is 23.2 Å². The number of aromatic nitrogens is 2. The van der Waals surface area contributed by atoms with Crippen molar-refractivity contribution in [2.45, 2.75) is 44.1 Å². The maximum absolute atomic E-state index is 6.33. The molecule has 1 aromatic carbocycles. The van der Waals surface area contributed by atoms with E-state index in [4.69, 9.17) is 33.5 Å². The van der Waals surface area contributed by atoms with Gasteiger partial charge in [0, 0.05) is 28.4 Å². The van der Waals surface area contributed by atoms with Gasteiger partial charge in [-0.2, -0.15) is 4.98 Å². The van der Waals surface area contributed by atoms with Gasteiger partial charge in [0.15, 0.2) is 5.82 Å². The number of hydrogen-bond acceptors (Lipinski definition) is 4. The Hall–Kier alpha value is -1.10. The van der Waals surface area contributed by atoms with Gasteiger partial charge in [-0.3, -0.25) is 0 Å². The Kier molecular flexibility index (Phi) is 4.20. The number of hydrogen-bond donors (Lipinski definition) is 1. The number of nitrogens with zero attached hydrogens (tertiary/aromatic N) is 2. The third-order valence-corrected chi connectivity index (χ3v) is 4.72. The molecule has 0 radical (unpaired) electrons. The monoisotopic (exact) mass is 325 g/mol. The molecule has 1 aromatic heterocycles. The fourth-order valence-electron chi connectivity index (χ4n) is 2.85. The molecule has 1 saturated carbocycles. The van der Waals surface area contributed by atoms with Crippen LogP contribution in [0.4, 0.5) is 0 Å². The molecule has 21 heavy (non-hydrogen) atoms. The number of rotatable bonds is 4. The normalized spacial score (nSPS) is 17.3. The molecule has 0 amide bonds. The zero-order valence-corrected chi connectivity index (χ0v) is 13.1. The maximum atomic E-state index is 6.33. The van der Waals surface area contributed by atoms with Crippen LogP contribution < -0.4 is 5.73 Å². The van der Waals surface area contributed by atoms with Gasteiger partial charge in [0.2, 0.25) is 5.89 Å². The van der Waals surface area contributed by atoms with Crippen LogP contribution in [0, 0.1) is 0 Å². The molecule has 112 valence electrons. The van der Waals surface area contributed by atoms with E-state index >= 15 is 0 Å². The maximum Gasteiger partial charge on any atom is 0.228 e. The van der Waals surface area contributed by atoms with E-state index in [-0.39, 0.29) is 5.54 Å². The van der Waals surface area contributed by atoms with Crippen LogP contribution in [0.15, 0.2) is 22.7 Å². The first kappa shape index (κ1) is 14.8. The highest BCUT2D eigenvalue weighted by molar-refractivity contribution is 6.36. The van der Waals surface area contributed by atoms with Crippen LogP contribution in [0.3, 0.4) is 0 Å². The molecular weight excluding hydrogens is 309 g/mol. The van der Waals surface area contributed by atoms with E-state index in [2.05, 4.69) is 10.1 Å². The predicted molar refractivity (Wildman–Crippen MR) is 82.7 cm³/mol. The fourth-order valence-corrected chi connectivity index (χ4v) is 3.38. The van der Waals surface area contributed by atoms with E-state index < -0.39 is 0 Å². The molecule has 1 aliphatic carbocycles. The molecule has 2 N–H and O–H groups in total. The van der Waals surface area contributed by atoms with E-state index in [0.29, 0.717) is 34.6 Å². The third-order valence-electron chi connectivity index (χ3n) is 4.01. The minimum atomic E-state index is -0.189. The molecule has 1 aliphatic rings. The first-order valence-corrected chi connectivity index (χ1v) is 7.85. The second kappa shape index (κ2) is 5.95. The van der Waals surface area contributed by atoms with Crippen LogP contribution in [-0.2, 0) is 12.8 Å². The van der Waals surface area contributed by atoms with Crippen LogP contribution in [0.2, 0.25) is 10.0 Å². The minimum Gasteiger partial charge on any atom is -0.339 e. The van der Waals surface area contributed by atoms with Crippen LogP contribution in [0.5, 0.6) is 0 Å². The topological polar surface area (TPSA) is 64.9 Å². The van der Waals surface area contributed by atoms with Crippen molar-refractivity contribution in [1.29, 1.82) is 0 Å². The molecule has 1 fully saturated rings. The van der Waals surface area contributed by atoms with Crippen molar-refractivity contribution in [3.8, 4) is 0 Å². The van der Waals surface area contributed by atoms with Crippen LogP contribution in [0.25, 0.3) is 0 Å². The summed E-state index contributed by atoms with van der Waals surface area (Å²) in [6, 6.07) is 5.42.